The second-order valence-electron chi connectivity index (χ2n) is 6.23. The standard InChI is InChI=1S/C20H20N6O2S/c1-3-11-26-19(14-7-9-21-10-8-14)23-24-20(26)29-13-17-22-18(25-28-17)15-5-4-6-16(12-15)27-2/h4-10,12H,3,11,13H2,1-2H3. The summed E-state index contributed by atoms with van der Waals surface area (Å²) in [5.74, 6) is 3.16. The van der Waals surface area contributed by atoms with Crippen molar-refractivity contribution in [3.63, 3.8) is 0 Å². The van der Waals surface area contributed by atoms with Gasteiger partial charge in [0.25, 0.3) is 0 Å². The Hall–Kier alpha value is -3.20. The predicted octanol–water partition coefficient (Wildman–Crippen LogP) is 4.10. The highest BCUT2D eigenvalue weighted by Crippen LogP contribution is 2.27. The van der Waals surface area contributed by atoms with Crippen molar-refractivity contribution in [2.45, 2.75) is 30.8 Å². The summed E-state index contributed by atoms with van der Waals surface area (Å²) in [5.41, 5.74) is 1.84. The first-order valence-corrected chi connectivity index (χ1v) is 10.2. The monoisotopic (exact) mass is 408 g/mol. The van der Waals surface area contributed by atoms with Gasteiger partial charge in [-0.25, -0.2) is 0 Å². The number of pyridine rings is 1. The van der Waals surface area contributed by atoms with Crippen molar-refractivity contribution >= 4 is 11.8 Å². The summed E-state index contributed by atoms with van der Waals surface area (Å²) in [7, 11) is 1.63. The van der Waals surface area contributed by atoms with Crippen molar-refractivity contribution in [2.75, 3.05) is 7.11 Å². The van der Waals surface area contributed by atoms with E-state index in [4.69, 9.17) is 9.26 Å². The quantitative estimate of drug-likeness (QED) is 0.402. The first kappa shape index (κ1) is 19.1. The Balaban J connectivity index is 1.51. The molecule has 0 bridgehead atoms. The Morgan fingerprint density at radius 3 is 2.76 bits per heavy atom. The summed E-state index contributed by atoms with van der Waals surface area (Å²) in [5, 5.41) is 13.6. The van der Waals surface area contributed by atoms with E-state index in [0.29, 0.717) is 17.5 Å². The molecule has 0 N–H and O–H groups in total. The second kappa shape index (κ2) is 8.87. The molecule has 0 saturated carbocycles. The summed E-state index contributed by atoms with van der Waals surface area (Å²) in [6.07, 6.45) is 4.49. The first-order chi connectivity index (χ1) is 14.3. The van der Waals surface area contributed by atoms with Crippen molar-refractivity contribution in [3.8, 4) is 28.5 Å². The highest BCUT2D eigenvalue weighted by Gasteiger charge is 2.16. The van der Waals surface area contributed by atoms with Gasteiger partial charge in [0.1, 0.15) is 5.75 Å². The number of hydrogen-bond donors (Lipinski definition) is 0. The van der Waals surface area contributed by atoms with Crippen LogP contribution in [0.25, 0.3) is 22.8 Å². The molecule has 0 saturated heterocycles. The van der Waals surface area contributed by atoms with Crippen LogP contribution in [-0.2, 0) is 12.3 Å². The van der Waals surface area contributed by atoms with Gasteiger partial charge in [0.2, 0.25) is 11.7 Å². The Morgan fingerprint density at radius 2 is 1.97 bits per heavy atom. The van der Waals surface area contributed by atoms with Crippen LogP contribution >= 0.6 is 11.8 Å². The third kappa shape index (κ3) is 4.29. The molecule has 0 aliphatic rings. The molecule has 3 heterocycles. The topological polar surface area (TPSA) is 91.8 Å². The van der Waals surface area contributed by atoms with E-state index < -0.39 is 0 Å². The van der Waals surface area contributed by atoms with Crippen molar-refractivity contribution in [1.29, 1.82) is 0 Å². The minimum Gasteiger partial charge on any atom is -0.497 e. The van der Waals surface area contributed by atoms with Crippen molar-refractivity contribution in [2.24, 2.45) is 0 Å². The molecule has 8 nitrogen and oxygen atoms in total. The summed E-state index contributed by atoms with van der Waals surface area (Å²) >= 11 is 1.52. The van der Waals surface area contributed by atoms with Gasteiger partial charge in [0, 0.05) is 30.1 Å². The molecule has 0 aliphatic heterocycles. The lowest BCUT2D eigenvalue weighted by Crippen LogP contribution is -2.02. The molecule has 0 spiro atoms. The maximum atomic E-state index is 5.42. The molecule has 4 rings (SSSR count). The molecule has 9 heteroatoms. The average molecular weight is 408 g/mol. The lowest BCUT2D eigenvalue weighted by atomic mass is 10.2. The number of methoxy groups -OCH3 is 1. The molecule has 0 atom stereocenters. The molecule has 1 aromatic carbocycles. The maximum Gasteiger partial charge on any atom is 0.237 e. The van der Waals surface area contributed by atoms with Gasteiger partial charge in [-0.2, -0.15) is 4.98 Å². The molecule has 148 valence electrons. The third-order valence-corrected chi connectivity index (χ3v) is 5.17. The number of ether oxygens (including phenoxy) is 1. The summed E-state index contributed by atoms with van der Waals surface area (Å²) in [6, 6.07) is 11.4. The van der Waals surface area contributed by atoms with E-state index in [9.17, 15) is 0 Å². The predicted molar refractivity (Wildman–Crippen MR) is 109 cm³/mol. The second-order valence-corrected chi connectivity index (χ2v) is 7.17. The lowest BCUT2D eigenvalue weighted by Gasteiger charge is -2.07. The zero-order valence-electron chi connectivity index (χ0n) is 16.1. The van der Waals surface area contributed by atoms with E-state index in [2.05, 4.69) is 36.8 Å². The number of benzene rings is 1. The van der Waals surface area contributed by atoms with E-state index in [1.54, 1.807) is 19.5 Å². The van der Waals surface area contributed by atoms with Gasteiger partial charge in [-0.3, -0.25) is 4.98 Å². The Kier molecular flexibility index (Phi) is 5.85. The van der Waals surface area contributed by atoms with Gasteiger partial charge in [0.05, 0.1) is 12.9 Å². The van der Waals surface area contributed by atoms with Crippen LogP contribution in [0.4, 0.5) is 0 Å². The average Bonchev–Trinajstić information content (AvgIpc) is 3.40. The van der Waals surface area contributed by atoms with Gasteiger partial charge >= 0.3 is 0 Å². The van der Waals surface area contributed by atoms with Crippen LogP contribution in [-0.4, -0.2) is 37.0 Å². The molecular formula is C20H20N6O2S. The summed E-state index contributed by atoms with van der Waals surface area (Å²) < 4.78 is 12.8. The fourth-order valence-corrected chi connectivity index (χ4v) is 3.66. The molecule has 4 aromatic rings. The van der Waals surface area contributed by atoms with Crippen LogP contribution in [0.5, 0.6) is 5.75 Å². The SMILES string of the molecule is CCCn1c(SCc2nc(-c3cccc(OC)c3)no2)nnc1-c1ccncc1. The van der Waals surface area contributed by atoms with Gasteiger partial charge in [-0.05, 0) is 30.7 Å². The molecule has 0 unspecified atom stereocenters. The largest absolute Gasteiger partial charge is 0.497 e. The molecular weight excluding hydrogens is 388 g/mol. The lowest BCUT2D eigenvalue weighted by molar-refractivity contribution is 0.391. The first-order valence-electron chi connectivity index (χ1n) is 9.22. The number of nitrogens with zero attached hydrogens (tertiary/aromatic N) is 6. The van der Waals surface area contributed by atoms with Gasteiger partial charge in [-0.15, -0.1) is 10.2 Å². The highest BCUT2D eigenvalue weighted by atomic mass is 32.2. The van der Waals surface area contributed by atoms with E-state index in [-0.39, 0.29) is 0 Å². The smallest absolute Gasteiger partial charge is 0.237 e. The Bertz CT molecular complexity index is 1080. The number of rotatable bonds is 8. The normalized spacial score (nSPS) is 11.0. The van der Waals surface area contributed by atoms with Gasteiger partial charge < -0.3 is 13.8 Å². The molecule has 0 fully saturated rings. The number of aromatic nitrogens is 6. The van der Waals surface area contributed by atoms with E-state index in [0.717, 1.165) is 40.8 Å². The maximum absolute atomic E-state index is 5.42. The fraction of sp³-hybridized carbons (Fsp3) is 0.250. The molecule has 0 amide bonds. The van der Waals surface area contributed by atoms with E-state index in [1.807, 2.05) is 36.4 Å². The van der Waals surface area contributed by atoms with Gasteiger partial charge in [0.15, 0.2) is 11.0 Å². The van der Waals surface area contributed by atoms with Gasteiger partial charge in [-0.1, -0.05) is 36.0 Å². The van der Waals surface area contributed by atoms with Crippen LogP contribution in [0, 0.1) is 0 Å². The van der Waals surface area contributed by atoms with Crippen LogP contribution in [0.1, 0.15) is 19.2 Å². The minimum atomic E-state index is 0.509. The minimum absolute atomic E-state index is 0.509. The third-order valence-electron chi connectivity index (χ3n) is 4.22. The zero-order valence-corrected chi connectivity index (χ0v) is 17.0. The number of hydrogen-bond acceptors (Lipinski definition) is 8. The van der Waals surface area contributed by atoms with E-state index >= 15 is 0 Å². The number of thioether (sulfide) groups is 1. The Labute approximate surface area is 172 Å². The van der Waals surface area contributed by atoms with Crippen LogP contribution in [0.15, 0.2) is 58.5 Å². The highest BCUT2D eigenvalue weighted by molar-refractivity contribution is 7.98. The van der Waals surface area contributed by atoms with Crippen LogP contribution in [0.2, 0.25) is 0 Å². The Morgan fingerprint density at radius 1 is 1.10 bits per heavy atom. The van der Waals surface area contributed by atoms with E-state index in [1.165, 1.54) is 11.8 Å². The summed E-state index contributed by atoms with van der Waals surface area (Å²) in [6.45, 7) is 2.95. The zero-order chi connectivity index (χ0) is 20.1. The molecule has 0 aliphatic carbocycles. The van der Waals surface area contributed by atoms with Crippen LogP contribution < -0.4 is 4.74 Å². The molecule has 0 radical (unpaired) electrons. The van der Waals surface area contributed by atoms with Crippen LogP contribution in [0.3, 0.4) is 0 Å². The van der Waals surface area contributed by atoms with Crippen molar-refractivity contribution in [3.05, 3.63) is 54.7 Å². The van der Waals surface area contributed by atoms with Crippen molar-refractivity contribution in [1.82, 2.24) is 29.9 Å². The summed E-state index contributed by atoms with van der Waals surface area (Å²) in [4.78, 5) is 8.56. The molecule has 3 aromatic heterocycles. The van der Waals surface area contributed by atoms with Crippen molar-refractivity contribution < 1.29 is 9.26 Å². The molecule has 29 heavy (non-hydrogen) atoms. The fourth-order valence-electron chi connectivity index (χ4n) is 2.85.